The molecule has 2 aromatic rings. The quantitative estimate of drug-likeness (QED) is 0.683. The van der Waals surface area contributed by atoms with Crippen LogP contribution < -0.4 is 10.1 Å². The number of amides is 1. The van der Waals surface area contributed by atoms with Crippen LogP contribution >= 0.6 is 15.9 Å². The number of rotatable bonds is 6. The highest BCUT2D eigenvalue weighted by Gasteiger charge is 2.29. The van der Waals surface area contributed by atoms with Gasteiger partial charge in [0, 0.05) is 23.2 Å². The van der Waals surface area contributed by atoms with Gasteiger partial charge in [-0.3, -0.25) is 4.79 Å². The molecule has 0 aromatic heterocycles. The SMILES string of the molecule is COc1ccc(CC(=O)Nc2cc(Br)ccc2C)cc1S(=O)(=O)N1CCOCC1. The zero-order chi connectivity index (χ0) is 21.0. The normalized spacial score (nSPS) is 15.1. The molecule has 156 valence electrons. The molecule has 1 amide bonds. The van der Waals surface area contributed by atoms with E-state index in [0.717, 1.165) is 10.0 Å². The highest BCUT2D eigenvalue weighted by molar-refractivity contribution is 9.10. The van der Waals surface area contributed by atoms with E-state index in [1.54, 1.807) is 12.1 Å². The van der Waals surface area contributed by atoms with E-state index < -0.39 is 10.0 Å². The monoisotopic (exact) mass is 482 g/mol. The van der Waals surface area contributed by atoms with Crippen molar-refractivity contribution in [3.05, 3.63) is 52.0 Å². The van der Waals surface area contributed by atoms with Crippen molar-refractivity contribution in [3.8, 4) is 5.75 Å². The van der Waals surface area contributed by atoms with Gasteiger partial charge in [-0.15, -0.1) is 0 Å². The summed E-state index contributed by atoms with van der Waals surface area (Å²) in [5, 5.41) is 2.87. The Morgan fingerprint density at radius 3 is 2.62 bits per heavy atom. The molecule has 1 N–H and O–H groups in total. The number of sulfonamides is 1. The Balaban J connectivity index is 1.82. The van der Waals surface area contributed by atoms with Crippen molar-refractivity contribution < 1.29 is 22.7 Å². The number of methoxy groups -OCH3 is 1. The van der Waals surface area contributed by atoms with Crippen LogP contribution in [0.15, 0.2) is 45.8 Å². The number of halogens is 1. The van der Waals surface area contributed by atoms with E-state index in [-0.39, 0.29) is 23.0 Å². The molecule has 1 heterocycles. The Morgan fingerprint density at radius 1 is 1.21 bits per heavy atom. The number of benzene rings is 2. The minimum Gasteiger partial charge on any atom is -0.495 e. The predicted molar refractivity (Wildman–Crippen MR) is 114 cm³/mol. The molecule has 1 fully saturated rings. The summed E-state index contributed by atoms with van der Waals surface area (Å²) in [5.74, 6) is 0.0228. The van der Waals surface area contributed by atoms with Gasteiger partial charge in [-0.05, 0) is 42.3 Å². The van der Waals surface area contributed by atoms with Crippen LogP contribution in [0.5, 0.6) is 5.75 Å². The van der Waals surface area contributed by atoms with Gasteiger partial charge in [0.1, 0.15) is 10.6 Å². The Labute approximate surface area is 179 Å². The number of hydrogen-bond donors (Lipinski definition) is 1. The summed E-state index contributed by atoms with van der Waals surface area (Å²) in [7, 11) is -2.32. The second-order valence-electron chi connectivity index (χ2n) is 6.69. The Bertz CT molecular complexity index is 1000. The fourth-order valence-corrected chi connectivity index (χ4v) is 5.04. The van der Waals surface area contributed by atoms with Crippen LogP contribution in [0, 0.1) is 6.92 Å². The van der Waals surface area contributed by atoms with Crippen LogP contribution in [-0.2, 0) is 26.0 Å². The van der Waals surface area contributed by atoms with E-state index in [4.69, 9.17) is 9.47 Å². The van der Waals surface area contributed by atoms with Crippen molar-refractivity contribution in [3.63, 3.8) is 0 Å². The zero-order valence-electron chi connectivity index (χ0n) is 16.3. The molecule has 0 aliphatic carbocycles. The number of carbonyl (C=O) groups excluding carboxylic acids is 1. The van der Waals surface area contributed by atoms with E-state index in [9.17, 15) is 13.2 Å². The molecule has 2 aromatic carbocycles. The molecule has 3 rings (SSSR count). The molecular weight excluding hydrogens is 460 g/mol. The van der Waals surface area contributed by atoms with Crippen molar-refractivity contribution in [2.75, 3.05) is 38.7 Å². The lowest BCUT2D eigenvalue weighted by Crippen LogP contribution is -2.40. The van der Waals surface area contributed by atoms with E-state index in [0.29, 0.717) is 37.6 Å². The first-order chi connectivity index (χ1) is 13.8. The minimum absolute atomic E-state index is 0.0432. The third-order valence-electron chi connectivity index (χ3n) is 4.65. The average molecular weight is 483 g/mol. The number of carbonyl (C=O) groups is 1. The number of nitrogens with one attached hydrogen (secondary N) is 1. The van der Waals surface area contributed by atoms with Crippen LogP contribution in [0.3, 0.4) is 0 Å². The van der Waals surface area contributed by atoms with Crippen LogP contribution in [-0.4, -0.2) is 52.0 Å². The molecular formula is C20H23BrN2O5S. The van der Waals surface area contributed by atoms with E-state index in [1.807, 2.05) is 25.1 Å². The standard InChI is InChI=1S/C20H23BrN2O5S/c1-14-3-5-16(21)13-17(14)22-20(24)12-15-4-6-18(27-2)19(11-15)29(25,26)23-7-9-28-10-8-23/h3-6,11,13H,7-10,12H2,1-2H3,(H,22,24). The Morgan fingerprint density at radius 2 is 1.93 bits per heavy atom. The number of anilines is 1. The van der Waals surface area contributed by atoms with Gasteiger partial charge in [-0.25, -0.2) is 8.42 Å². The predicted octanol–water partition coefficient (Wildman–Crippen LogP) is 2.97. The molecule has 7 nitrogen and oxygen atoms in total. The molecule has 0 spiro atoms. The molecule has 1 aliphatic heterocycles. The van der Waals surface area contributed by atoms with Gasteiger partial charge in [0.25, 0.3) is 0 Å². The summed E-state index contributed by atoms with van der Waals surface area (Å²) in [4.78, 5) is 12.6. The molecule has 0 atom stereocenters. The average Bonchev–Trinajstić information content (AvgIpc) is 2.71. The fraction of sp³-hybridized carbons (Fsp3) is 0.350. The van der Waals surface area contributed by atoms with Gasteiger partial charge in [0.15, 0.2) is 0 Å². The van der Waals surface area contributed by atoms with Crippen molar-refractivity contribution in [1.82, 2.24) is 4.31 Å². The van der Waals surface area contributed by atoms with Crippen LogP contribution in [0.4, 0.5) is 5.69 Å². The number of hydrogen-bond acceptors (Lipinski definition) is 5. The van der Waals surface area contributed by atoms with Gasteiger partial charge >= 0.3 is 0 Å². The van der Waals surface area contributed by atoms with Crippen molar-refractivity contribution in [2.45, 2.75) is 18.2 Å². The zero-order valence-corrected chi connectivity index (χ0v) is 18.7. The summed E-state index contributed by atoms with van der Waals surface area (Å²) in [6.07, 6.45) is 0.0432. The first-order valence-electron chi connectivity index (χ1n) is 9.12. The highest BCUT2D eigenvalue weighted by Crippen LogP contribution is 2.29. The first-order valence-corrected chi connectivity index (χ1v) is 11.4. The molecule has 1 aliphatic rings. The van der Waals surface area contributed by atoms with Gasteiger partial charge in [-0.1, -0.05) is 28.1 Å². The van der Waals surface area contributed by atoms with Gasteiger partial charge in [0.2, 0.25) is 15.9 Å². The molecule has 29 heavy (non-hydrogen) atoms. The topological polar surface area (TPSA) is 84.9 Å². The summed E-state index contributed by atoms with van der Waals surface area (Å²) < 4.78 is 38.9. The highest BCUT2D eigenvalue weighted by atomic mass is 79.9. The van der Waals surface area contributed by atoms with Gasteiger partial charge in [0.05, 0.1) is 26.7 Å². The Kier molecular flexibility index (Phi) is 6.94. The molecule has 0 saturated carbocycles. The minimum atomic E-state index is -3.74. The van der Waals surface area contributed by atoms with Crippen LogP contribution in [0.1, 0.15) is 11.1 Å². The maximum atomic E-state index is 13.1. The van der Waals surface area contributed by atoms with Crippen molar-refractivity contribution >= 4 is 37.5 Å². The second-order valence-corrected chi connectivity index (χ2v) is 9.51. The van der Waals surface area contributed by atoms with Crippen LogP contribution in [0.25, 0.3) is 0 Å². The summed E-state index contributed by atoms with van der Waals surface area (Å²) in [6, 6.07) is 10.4. The summed E-state index contributed by atoms with van der Waals surface area (Å²) in [6.45, 7) is 3.20. The first kappa shape index (κ1) is 21.8. The smallest absolute Gasteiger partial charge is 0.246 e. The van der Waals surface area contributed by atoms with Crippen LogP contribution in [0.2, 0.25) is 0 Å². The van der Waals surface area contributed by atoms with Crippen molar-refractivity contribution in [2.24, 2.45) is 0 Å². The fourth-order valence-electron chi connectivity index (χ4n) is 3.07. The Hall–Kier alpha value is -1.94. The lowest BCUT2D eigenvalue weighted by Gasteiger charge is -2.26. The lowest BCUT2D eigenvalue weighted by atomic mass is 10.1. The van der Waals surface area contributed by atoms with Crippen molar-refractivity contribution in [1.29, 1.82) is 0 Å². The van der Waals surface area contributed by atoms with E-state index in [2.05, 4.69) is 21.2 Å². The number of ether oxygens (including phenoxy) is 2. The molecule has 0 unspecified atom stereocenters. The maximum absolute atomic E-state index is 13.1. The maximum Gasteiger partial charge on any atom is 0.246 e. The summed E-state index contributed by atoms with van der Waals surface area (Å²) >= 11 is 3.39. The molecule has 1 saturated heterocycles. The molecule has 0 radical (unpaired) electrons. The second kappa shape index (κ2) is 9.25. The van der Waals surface area contributed by atoms with E-state index >= 15 is 0 Å². The van der Waals surface area contributed by atoms with Gasteiger partial charge in [-0.2, -0.15) is 4.31 Å². The molecule has 9 heteroatoms. The summed E-state index contributed by atoms with van der Waals surface area (Å²) in [5.41, 5.74) is 2.23. The lowest BCUT2D eigenvalue weighted by molar-refractivity contribution is -0.115. The third-order valence-corrected chi connectivity index (χ3v) is 7.07. The van der Waals surface area contributed by atoms with Gasteiger partial charge < -0.3 is 14.8 Å². The molecule has 0 bridgehead atoms. The number of nitrogens with zero attached hydrogens (tertiary/aromatic N) is 1. The van der Waals surface area contributed by atoms with E-state index in [1.165, 1.54) is 17.5 Å². The number of morpholine rings is 1. The largest absolute Gasteiger partial charge is 0.495 e. The number of aryl methyl sites for hydroxylation is 1. The third kappa shape index (κ3) is 5.16.